The number of aromatic nitrogens is 1. The molecule has 0 saturated heterocycles. The number of benzene rings is 3. The summed E-state index contributed by atoms with van der Waals surface area (Å²) in [6.07, 6.45) is 1.82. The molecule has 30 heavy (non-hydrogen) atoms. The molecule has 146 valence electrons. The van der Waals surface area contributed by atoms with E-state index in [1.807, 2.05) is 66.7 Å². The lowest BCUT2D eigenvalue weighted by Crippen LogP contribution is -2.40. The van der Waals surface area contributed by atoms with E-state index in [0.717, 1.165) is 22.4 Å². The van der Waals surface area contributed by atoms with Crippen LogP contribution in [0.5, 0.6) is 5.75 Å². The van der Waals surface area contributed by atoms with E-state index in [2.05, 4.69) is 10.2 Å². The number of hydrogen-bond acceptors (Lipinski definition) is 5. The van der Waals surface area contributed by atoms with E-state index in [1.54, 1.807) is 28.8 Å². The predicted molar refractivity (Wildman–Crippen MR) is 119 cm³/mol. The molecule has 1 aromatic heterocycles. The number of phenolic OH excluding ortho intramolecular Hbond substituents is 1. The molecule has 3 aromatic carbocycles. The summed E-state index contributed by atoms with van der Waals surface area (Å²) in [4.78, 5) is 14.0. The average molecular weight is 411 g/mol. The van der Waals surface area contributed by atoms with Gasteiger partial charge in [-0.3, -0.25) is 9.36 Å². The lowest BCUT2D eigenvalue weighted by molar-refractivity contribution is 0.475. The van der Waals surface area contributed by atoms with Crippen molar-refractivity contribution in [2.24, 2.45) is 10.2 Å². The zero-order chi connectivity index (χ0) is 20.5. The van der Waals surface area contributed by atoms with Gasteiger partial charge < -0.3 is 5.11 Å². The molecule has 2 heterocycles. The van der Waals surface area contributed by atoms with E-state index >= 15 is 0 Å². The second-order valence-corrected chi connectivity index (χ2v) is 7.93. The van der Waals surface area contributed by atoms with Gasteiger partial charge in [-0.05, 0) is 29.3 Å². The Morgan fingerprint density at radius 2 is 1.53 bits per heavy atom. The first-order valence-electron chi connectivity index (χ1n) is 9.49. The highest BCUT2D eigenvalue weighted by atomic mass is 32.1. The van der Waals surface area contributed by atoms with Gasteiger partial charge >= 0.3 is 0 Å². The first kappa shape index (κ1) is 18.3. The molecule has 5 nitrogen and oxygen atoms in total. The molecule has 6 heteroatoms. The highest BCUT2D eigenvalue weighted by molar-refractivity contribution is 7.07. The summed E-state index contributed by atoms with van der Waals surface area (Å²) in [6, 6.07) is 26.1. The Balaban J connectivity index is 1.72. The number of thiazole rings is 1. The lowest BCUT2D eigenvalue weighted by Gasteiger charge is -2.22. The van der Waals surface area contributed by atoms with Crippen molar-refractivity contribution in [2.75, 3.05) is 0 Å². The van der Waals surface area contributed by atoms with Gasteiger partial charge in [0.1, 0.15) is 11.8 Å². The van der Waals surface area contributed by atoms with Crippen LogP contribution in [0.15, 0.2) is 99.9 Å². The normalized spacial score (nSPS) is 15.9. The fourth-order valence-electron chi connectivity index (χ4n) is 3.55. The Morgan fingerprint density at radius 1 is 0.867 bits per heavy atom. The Labute approximate surface area is 176 Å². The molecule has 0 radical (unpaired) electrons. The minimum Gasteiger partial charge on any atom is -0.508 e. The average Bonchev–Trinajstić information content (AvgIpc) is 3.11. The van der Waals surface area contributed by atoms with E-state index in [4.69, 9.17) is 0 Å². The second-order valence-electron chi connectivity index (χ2n) is 6.92. The Bertz CT molecular complexity index is 1400. The smallest absolute Gasteiger partial charge is 0.271 e. The number of hydrogen-bond donors (Lipinski definition) is 1. The summed E-state index contributed by atoms with van der Waals surface area (Å²) in [5.41, 5.74) is 3.38. The molecule has 0 aliphatic carbocycles. The zero-order valence-corrected chi connectivity index (χ0v) is 16.7. The van der Waals surface area contributed by atoms with Crippen molar-refractivity contribution in [3.8, 4) is 5.75 Å². The van der Waals surface area contributed by atoms with Crippen LogP contribution in [-0.2, 0) is 0 Å². The fourth-order valence-corrected chi connectivity index (χ4v) is 4.49. The number of aromatic hydroxyl groups is 1. The lowest BCUT2D eigenvalue weighted by atomic mass is 9.96. The Morgan fingerprint density at radius 3 is 2.23 bits per heavy atom. The standard InChI is InChI=1S/C24H17N3O2S/c28-19-13-11-16(12-14-19)15-20-23(29)27-22(18-9-5-2-6-10-18)21(25-26-24(27)30-20)17-7-3-1-4-8-17/h1-15,22,28H/b20-15-. The third-order valence-electron chi connectivity index (χ3n) is 4.97. The van der Waals surface area contributed by atoms with Crippen LogP contribution in [0.2, 0.25) is 0 Å². The minimum atomic E-state index is -0.355. The van der Waals surface area contributed by atoms with E-state index in [1.165, 1.54) is 11.3 Å². The van der Waals surface area contributed by atoms with Crippen LogP contribution in [0.1, 0.15) is 22.7 Å². The van der Waals surface area contributed by atoms with Crippen molar-refractivity contribution in [1.82, 2.24) is 4.57 Å². The minimum absolute atomic E-state index is 0.107. The van der Waals surface area contributed by atoms with E-state index < -0.39 is 0 Å². The van der Waals surface area contributed by atoms with Gasteiger partial charge in [0.25, 0.3) is 5.56 Å². The SMILES string of the molecule is O=c1/c(=C/c2ccc(O)cc2)sc2n1C(c1ccccc1)C(c1ccccc1)=NN=2. The summed E-state index contributed by atoms with van der Waals surface area (Å²) < 4.78 is 2.30. The topological polar surface area (TPSA) is 66.9 Å². The van der Waals surface area contributed by atoms with Crippen LogP contribution in [-0.4, -0.2) is 15.4 Å². The van der Waals surface area contributed by atoms with Gasteiger partial charge in [-0.25, -0.2) is 0 Å². The molecule has 1 atom stereocenters. The molecule has 5 rings (SSSR count). The Hall–Kier alpha value is -3.77. The van der Waals surface area contributed by atoms with Crippen LogP contribution in [0, 0.1) is 0 Å². The molecule has 0 amide bonds. The highest BCUT2D eigenvalue weighted by Gasteiger charge is 2.28. The third-order valence-corrected chi connectivity index (χ3v) is 5.95. The van der Waals surface area contributed by atoms with Crippen molar-refractivity contribution in [3.63, 3.8) is 0 Å². The maximum atomic E-state index is 13.4. The zero-order valence-electron chi connectivity index (χ0n) is 15.8. The van der Waals surface area contributed by atoms with Crippen LogP contribution >= 0.6 is 11.3 Å². The largest absolute Gasteiger partial charge is 0.508 e. The maximum absolute atomic E-state index is 13.4. The van der Waals surface area contributed by atoms with Crippen LogP contribution in [0.3, 0.4) is 0 Å². The molecule has 0 fully saturated rings. The van der Waals surface area contributed by atoms with Gasteiger partial charge in [-0.15, -0.1) is 10.2 Å². The fraction of sp³-hybridized carbons (Fsp3) is 0.0417. The van der Waals surface area contributed by atoms with Gasteiger partial charge in [0.15, 0.2) is 0 Å². The van der Waals surface area contributed by atoms with Crippen molar-refractivity contribution in [1.29, 1.82) is 0 Å². The highest BCUT2D eigenvalue weighted by Crippen LogP contribution is 2.23. The number of phenols is 1. The molecule has 1 aliphatic rings. The van der Waals surface area contributed by atoms with Gasteiger partial charge in [0, 0.05) is 5.56 Å². The third kappa shape index (κ3) is 3.27. The van der Waals surface area contributed by atoms with E-state index in [9.17, 15) is 9.90 Å². The van der Waals surface area contributed by atoms with Crippen LogP contribution in [0.4, 0.5) is 0 Å². The second kappa shape index (κ2) is 7.57. The number of fused-ring (bicyclic) bond motifs is 1. The first-order valence-corrected chi connectivity index (χ1v) is 10.3. The molecular formula is C24H17N3O2S. The van der Waals surface area contributed by atoms with Crippen molar-refractivity contribution >= 4 is 23.1 Å². The summed E-state index contributed by atoms with van der Waals surface area (Å²) in [7, 11) is 0. The number of nitrogens with zero attached hydrogens (tertiary/aromatic N) is 3. The van der Waals surface area contributed by atoms with Gasteiger partial charge in [0.2, 0.25) is 4.80 Å². The van der Waals surface area contributed by atoms with Crippen molar-refractivity contribution < 1.29 is 5.11 Å². The molecule has 1 N–H and O–H groups in total. The monoisotopic (exact) mass is 411 g/mol. The summed E-state index contributed by atoms with van der Waals surface area (Å²) in [6.45, 7) is 0. The van der Waals surface area contributed by atoms with Crippen LogP contribution < -0.4 is 14.9 Å². The van der Waals surface area contributed by atoms with Gasteiger partial charge in [-0.1, -0.05) is 84.1 Å². The van der Waals surface area contributed by atoms with Crippen molar-refractivity contribution in [2.45, 2.75) is 6.04 Å². The Kier molecular flexibility index (Phi) is 4.61. The molecule has 0 spiro atoms. The van der Waals surface area contributed by atoms with Gasteiger partial charge in [-0.2, -0.15) is 0 Å². The molecule has 0 bridgehead atoms. The van der Waals surface area contributed by atoms with Crippen molar-refractivity contribution in [3.05, 3.63) is 121 Å². The summed E-state index contributed by atoms with van der Waals surface area (Å²) >= 11 is 1.32. The van der Waals surface area contributed by atoms with E-state index in [-0.39, 0.29) is 17.4 Å². The summed E-state index contributed by atoms with van der Waals surface area (Å²) in [5, 5.41) is 18.4. The maximum Gasteiger partial charge on any atom is 0.271 e. The van der Waals surface area contributed by atoms with Gasteiger partial charge in [0.05, 0.1) is 10.2 Å². The molecular weight excluding hydrogens is 394 g/mol. The molecule has 4 aromatic rings. The molecule has 1 aliphatic heterocycles. The molecule has 1 unspecified atom stereocenters. The molecule has 0 saturated carbocycles. The quantitative estimate of drug-likeness (QED) is 0.563. The van der Waals surface area contributed by atoms with Crippen LogP contribution in [0.25, 0.3) is 6.08 Å². The first-order chi connectivity index (χ1) is 14.7. The number of rotatable bonds is 3. The predicted octanol–water partition coefficient (Wildman–Crippen LogP) is 3.07. The summed E-state index contributed by atoms with van der Waals surface area (Å²) in [5.74, 6) is 0.189. The van der Waals surface area contributed by atoms with E-state index in [0.29, 0.717) is 9.33 Å².